The van der Waals surface area contributed by atoms with E-state index >= 15 is 0 Å². The van der Waals surface area contributed by atoms with Crippen molar-refractivity contribution in [3.63, 3.8) is 0 Å². The predicted molar refractivity (Wildman–Crippen MR) is 113 cm³/mol. The summed E-state index contributed by atoms with van der Waals surface area (Å²) < 4.78 is 0. The standard InChI is InChI=1S/C24H20N2O3/c1-14-8-6-9-20(16(14)3)25-22(27)17-11-12-18-19(13-17)24(29)26(23(18)28)21-10-5-4-7-15(21)2/h4-13H,1-3H3,(H,25,27). The van der Waals surface area contributed by atoms with Gasteiger partial charge in [-0.3, -0.25) is 14.4 Å². The van der Waals surface area contributed by atoms with Gasteiger partial charge in [-0.2, -0.15) is 0 Å². The Kier molecular flexibility index (Phi) is 4.51. The lowest BCUT2D eigenvalue weighted by Gasteiger charge is -2.16. The topological polar surface area (TPSA) is 66.5 Å². The van der Waals surface area contributed by atoms with Crippen LogP contribution in [0.25, 0.3) is 0 Å². The highest BCUT2D eigenvalue weighted by molar-refractivity contribution is 6.35. The van der Waals surface area contributed by atoms with Gasteiger partial charge in [-0.1, -0.05) is 30.3 Å². The van der Waals surface area contributed by atoms with E-state index in [1.165, 1.54) is 11.0 Å². The highest BCUT2D eigenvalue weighted by atomic mass is 16.2. The lowest BCUT2D eigenvalue weighted by atomic mass is 10.0. The van der Waals surface area contributed by atoms with Crippen LogP contribution in [0, 0.1) is 20.8 Å². The number of carbonyl (C=O) groups excluding carboxylic acids is 3. The van der Waals surface area contributed by atoms with Crippen LogP contribution in [0.3, 0.4) is 0 Å². The third-order valence-electron chi connectivity index (χ3n) is 5.36. The third-order valence-corrected chi connectivity index (χ3v) is 5.36. The summed E-state index contributed by atoms with van der Waals surface area (Å²) in [7, 11) is 0. The average Bonchev–Trinajstić information content (AvgIpc) is 2.96. The molecule has 1 aliphatic rings. The summed E-state index contributed by atoms with van der Waals surface area (Å²) in [6.07, 6.45) is 0. The SMILES string of the molecule is Cc1ccccc1N1C(=O)c2ccc(C(=O)Nc3cccc(C)c3C)cc2C1=O. The summed E-state index contributed by atoms with van der Waals surface area (Å²) in [5, 5.41) is 2.89. The highest BCUT2D eigenvalue weighted by Crippen LogP contribution is 2.31. The molecule has 3 amide bonds. The summed E-state index contributed by atoms with van der Waals surface area (Å²) in [5.74, 6) is -1.11. The molecule has 0 spiro atoms. The molecule has 0 radical (unpaired) electrons. The fourth-order valence-electron chi connectivity index (χ4n) is 3.50. The van der Waals surface area contributed by atoms with Gasteiger partial charge in [-0.25, -0.2) is 4.90 Å². The van der Waals surface area contributed by atoms with Crippen molar-refractivity contribution in [1.82, 2.24) is 0 Å². The molecule has 5 heteroatoms. The molecule has 4 rings (SSSR count). The summed E-state index contributed by atoms with van der Waals surface area (Å²) in [5.41, 5.74) is 5.05. The number of rotatable bonds is 3. The molecular weight excluding hydrogens is 364 g/mol. The molecule has 3 aromatic rings. The Morgan fingerprint density at radius 1 is 0.793 bits per heavy atom. The first-order valence-corrected chi connectivity index (χ1v) is 9.34. The maximum Gasteiger partial charge on any atom is 0.266 e. The van der Waals surface area contributed by atoms with E-state index in [1.807, 2.05) is 51.1 Å². The van der Waals surface area contributed by atoms with Crippen LogP contribution < -0.4 is 10.2 Å². The van der Waals surface area contributed by atoms with Gasteiger partial charge in [0.05, 0.1) is 16.8 Å². The van der Waals surface area contributed by atoms with Crippen LogP contribution >= 0.6 is 0 Å². The molecule has 0 fully saturated rings. The van der Waals surface area contributed by atoms with Gasteiger partial charge in [-0.05, 0) is 67.8 Å². The number of anilines is 2. The number of para-hydroxylation sites is 1. The minimum atomic E-state index is -0.416. The number of carbonyl (C=O) groups is 3. The molecule has 3 aromatic carbocycles. The average molecular weight is 384 g/mol. The van der Waals surface area contributed by atoms with Gasteiger partial charge >= 0.3 is 0 Å². The minimum Gasteiger partial charge on any atom is -0.322 e. The summed E-state index contributed by atoms with van der Waals surface area (Å²) in [4.78, 5) is 39.7. The summed E-state index contributed by atoms with van der Waals surface area (Å²) >= 11 is 0. The van der Waals surface area contributed by atoms with Crippen molar-refractivity contribution in [2.24, 2.45) is 0 Å². The molecule has 1 aliphatic heterocycles. The van der Waals surface area contributed by atoms with E-state index in [2.05, 4.69) is 5.32 Å². The number of imide groups is 1. The number of amides is 3. The van der Waals surface area contributed by atoms with E-state index in [-0.39, 0.29) is 17.4 Å². The van der Waals surface area contributed by atoms with Gasteiger partial charge < -0.3 is 5.32 Å². The van der Waals surface area contributed by atoms with Crippen LogP contribution in [-0.4, -0.2) is 17.7 Å². The van der Waals surface area contributed by atoms with Gasteiger partial charge in [0, 0.05) is 11.3 Å². The molecule has 0 saturated carbocycles. The van der Waals surface area contributed by atoms with Crippen LogP contribution in [-0.2, 0) is 0 Å². The first-order valence-electron chi connectivity index (χ1n) is 9.34. The Balaban J connectivity index is 1.66. The molecule has 0 saturated heterocycles. The Hall–Kier alpha value is -3.73. The lowest BCUT2D eigenvalue weighted by Crippen LogP contribution is -2.29. The molecule has 144 valence electrons. The second kappa shape index (κ2) is 7.02. The number of nitrogens with one attached hydrogen (secondary N) is 1. The number of nitrogens with zero attached hydrogens (tertiary/aromatic N) is 1. The summed E-state index contributed by atoms with van der Waals surface area (Å²) in [6, 6.07) is 17.5. The molecule has 0 atom stereocenters. The van der Waals surface area contributed by atoms with Gasteiger partial charge in [0.1, 0.15) is 0 Å². The fraction of sp³-hybridized carbons (Fsp3) is 0.125. The van der Waals surface area contributed by atoms with Gasteiger partial charge in [-0.15, -0.1) is 0 Å². The Morgan fingerprint density at radius 3 is 2.24 bits per heavy atom. The number of fused-ring (bicyclic) bond motifs is 1. The van der Waals surface area contributed by atoms with E-state index < -0.39 is 5.91 Å². The number of hydrogen-bond acceptors (Lipinski definition) is 3. The predicted octanol–water partition coefficient (Wildman–Crippen LogP) is 4.66. The number of aryl methyl sites for hydroxylation is 2. The second-order valence-electron chi connectivity index (χ2n) is 7.19. The molecule has 0 aromatic heterocycles. The molecule has 1 N–H and O–H groups in total. The van der Waals surface area contributed by atoms with Crippen LogP contribution in [0.2, 0.25) is 0 Å². The van der Waals surface area contributed by atoms with Crippen LogP contribution in [0.4, 0.5) is 11.4 Å². The molecule has 29 heavy (non-hydrogen) atoms. The maximum absolute atomic E-state index is 13.0. The maximum atomic E-state index is 13.0. The van der Waals surface area contributed by atoms with E-state index in [9.17, 15) is 14.4 Å². The minimum absolute atomic E-state index is 0.242. The first kappa shape index (κ1) is 18.6. The van der Waals surface area contributed by atoms with Crippen molar-refractivity contribution >= 4 is 29.1 Å². The number of benzene rings is 3. The van der Waals surface area contributed by atoms with Gasteiger partial charge in [0.15, 0.2) is 0 Å². The zero-order valence-electron chi connectivity index (χ0n) is 16.4. The van der Waals surface area contributed by atoms with Crippen molar-refractivity contribution in [1.29, 1.82) is 0 Å². The van der Waals surface area contributed by atoms with Crippen molar-refractivity contribution < 1.29 is 14.4 Å². The Morgan fingerprint density at radius 2 is 1.48 bits per heavy atom. The van der Waals surface area contributed by atoms with Crippen LogP contribution in [0.1, 0.15) is 47.8 Å². The quantitative estimate of drug-likeness (QED) is 0.668. The van der Waals surface area contributed by atoms with Crippen molar-refractivity contribution in [3.05, 3.63) is 94.0 Å². The molecular formula is C24H20N2O3. The molecule has 5 nitrogen and oxygen atoms in total. The molecule has 1 heterocycles. The Bertz CT molecular complexity index is 1180. The van der Waals surface area contributed by atoms with Gasteiger partial charge in [0.25, 0.3) is 17.7 Å². The normalized spacial score (nSPS) is 12.9. The largest absolute Gasteiger partial charge is 0.322 e. The van der Waals surface area contributed by atoms with Crippen molar-refractivity contribution in [2.45, 2.75) is 20.8 Å². The zero-order valence-corrected chi connectivity index (χ0v) is 16.4. The first-order chi connectivity index (χ1) is 13.9. The van der Waals surface area contributed by atoms with Gasteiger partial charge in [0.2, 0.25) is 0 Å². The fourth-order valence-corrected chi connectivity index (χ4v) is 3.50. The third kappa shape index (κ3) is 3.10. The Labute approximate surface area is 169 Å². The van der Waals surface area contributed by atoms with E-state index in [1.54, 1.807) is 24.3 Å². The number of hydrogen-bond donors (Lipinski definition) is 1. The van der Waals surface area contributed by atoms with E-state index in [4.69, 9.17) is 0 Å². The monoisotopic (exact) mass is 384 g/mol. The van der Waals surface area contributed by atoms with E-state index in [0.717, 1.165) is 22.4 Å². The molecule has 0 unspecified atom stereocenters. The molecule has 0 bridgehead atoms. The second-order valence-corrected chi connectivity index (χ2v) is 7.19. The summed E-state index contributed by atoms with van der Waals surface area (Å²) in [6.45, 7) is 5.77. The van der Waals surface area contributed by atoms with E-state index in [0.29, 0.717) is 16.8 Å². The lowest BCUT2D eigenvalue weighted by molar-refractivity contribution is 0.0925. The van der Waals surface area contributed by atoms with Crippen molar-refractivity contribution in [2.75, 3.05) is 10.2 Å². The molecule has 0 aliphatic carbocycles. The van der Waals surface area contributed by atoms with Crippen LogP contribution in [0.15, 0.2) is 60.7 Å². The van der Waals surface area contributed by atoms with Crippen LogP contribution in [0.5, 0.6) is 0 Å². The van der Waals surface area contributed by atoms with Crippen molar-refractivity contribution in [3.8, 4) is 0 Å². The highest BCUT2D eigenvalue weighted by Gasteiger charge is 2.37. The smallest absolute Gasteiger partial charge is 0.266 e. The zero-order chi connectivity index (χ0) is 20.7.